The Hall–Kier alpha value is -4.59. The highest BCUT2D eigenvalue weighted by Crippen LogP contribution is 2.44. The van der Waals surface area contributed by atoms with Crippen molar-refractivity contribution in [2.45, 2.75) is 39.2 Å². The van der Waals surface area contributed by atoms with Crippen LogP contribution in [-0.2, 0) is 19.8 Å². The second kappa shape index (κ2) is 10.6. The summed E-state index contributed by atoms with van der Waals surface area (Å²) in [5.41, 5.74) is 1.80. The molecule has 1 atom stereocenters. The molecule has 0 spiro atoms. The molecule has 1 fully saturated rings. The lowest BCUT2D eigenvalue weighted by atomic mass is 9.84. The zero-order chi connectivity index (χ0) is 28.5. The number of hydrogen-bond acceptors (Lipinski definition) is 7. The number of Topliss-reactive ketones (excluding diaryl/α,β-unsaturated/α-hetero) is 1. The second-order valence-electron chi connectivity index (χ2n) is 10.2. The van der Waals surface area contributed by atoms with E-state index >= 15 is 0 Å². The van der Waals surface area contributed by atoms with Gasteiger partial charge in [-0.05, 0) is 53.4 Å². The summed E-state index contributed by atoms with van der Waals surface area (Å²) >= 11 is 0. The number of benzene rings is 3. The average molecular weight is 530 g/mol. The van der Waals surface area contributed by atoms with Crippen molar-refractivity contribution in [3.63, 3.8) is 0 Å². The summed E-state index contributed by atoms with van der Waals surface area (Å²) < 4.78 is 16.0. The third-order valence-corrected chi connectivity index (χ3v) is 6.51. The van der Waals surface area contributed by atoms with Crippen LogP contribution in [0.2, 0.25) is 0 Å². The van der Waals surface area contributed by atoms with Gasteiger partial charge in [0.1, 0.15) is 23.0 Å². The highest BCUT2D eigenvalue weighted by Gasteiger charge is 2.47. The van der Waals surface area contributed by atoms with E-state index in [9.17, 15) is 19.5 Å². The summed E-state index contributed by atoms with van der Waals surface area (Å²) in [6.45, 7) is 7.34. The van der Waals surface area contributed by atoms with Gasteiger partial charge >= 0.3 is 5.97 Å². The van der Waals surface area contributed by atoms with Crippen molar-refractivity contribution in [3.8, 4) is 17.2 Å². The SMILES string of the molecule is COc1cccc(N2C(=O)C(=O)/C(=C(\O)c3ccc(OC)c(C(C)(C)C)c3)C2c2ccc(OC(C)=O)cc2)c1. The van der Waals surface area contributed by atoms with Crippen molar-refractivity contribution in [1.82, 2.24) is 0 Å². The third-order valence-electron chi connectivity index (χ3n) is 6.51. The van der Waals surface area contributed by atoms with Gasteiger partial charge in [0.15, 0.2) is 0 Å². The summed E-state index contributed by atoms with van der Waals surface area (Å²) in [7, 11) is 3.08. The van der Waals surface area contributed by atoms with Crippen LogP contribution in [0.5, 0.6) is 17.2 Å². The van der Waals surface area contributed by atoms with Crippen molar-refractivity contribution in [3.05, 3.63) is 89.0 Å². The summed E-state index contributed by atoms with van der Waals surface area (Å²) in [5.74, 6) is -0.923. The molecule has 1 aliphatic rings. The van der Waals surface area contributed by atoms with Gasteiger partial charge in [-0.15, -0.1) is 0 Å². The monoisotopic (exact) mass is 529 g/mol. The van der Waals surface area contributed by atoms with E-state index in [0.717, 1.165) is 5.56 Å². The van der Waals surface area contributed by atoms with Crippen LogP contribution in [0.1, 0.15) is 50.4 Å². The first-order chi connectivity index (χ1) is 18.5. The Kier molecular flexibility index (Phi) is 7.49. The molecule has 202 valence electrons. The molecular weight excluding hydrogens is 498 g/mol. The lowest BCUT2D eigenvalue weighted by Crippen LogP contribution is -2.29. The number of ketones is 1. The van der Waals surface area contributed by atoms with Crippen LogP contribution in [-0.4, -0.2) is 37.0 Å². The normalized spacial score (nSPS) is 16.8. The molecule has 1 N–H and O–H groups in total. The molecule has 0 saturated carbocycles. The summed E-state index contributed by atoms with van der Waals surface area (Å²) in [5, 5.41) is 11.6. The van der Waals surface area contributed by atoms with E-state index in [1.165, 1.54) is 18.9 Å². The number of carbonyl (C=O) groups excluding carboxylic acids is 3. The van der Waals surface area contributed by atoms with E-state index in [2.05, 4.69) is 0 Å². The predicted molar refractivity (Wildman–Crippen MR) is 147 cm³/mol. The number of methoxy groups -OCH3 is 2. The molecule has 3 aromatic rings. The van der Waals surface area contributed by atoms with Crippen LogP contribution < -0.4 is 19.1 Å². The number of esters is 1. The van der Waals surface area contributed by atoms with E-state index in [1.54, 1.807) is 73.8 Å². The van der Waals surface area contributed by atoms with E-state index < -0.39 is 23.7 Å². The topological polar surface area (TPSA) is 102 Å². The molecule has 39 heavy (non-hydrogen) atoms. The Bertz CT molecular complexity index is 1460. The molecule has 0 aromatic heterocycles. The molecular formula is C31H31NO7. The van der Waals surface area contributed by atoms with Crippen molar-refractivity contribution >= 4 is 29.1 Å². The molecule has 0 aliphatic carbocycles. The Morgan fingerprint density at radius 1 is 0.897 bits per heavy atom. The number of amides is 1. The standard InChI is InChI=1S/C31H31NO7/c1-18(33)39-22-13-10-19(11-14-22)27-26(28(34)20-12-15-25(38-6)24(16-20)31(2,3)4)29(35)30(36)32(27)21-8-7-9-23(17-21)37-5/h7-17,27,34H,1-6H3/b28-26-. The molecule has 3 aromatic carbocycles. The van der Waals surface area contributed by atoms with Crippen molar-refractivity contribution < 1.29 is 33.7 Å². The Labute approximate surface area is 227 Å². The minimum absolute atomic E-state index is 0.0620. The van der Waals surface area contributed by atoms with Crippen LogP contribution in [0, 0.1) is 0 Å². The highest BCUT2D eigenvalue weighted by atomic mass is 16.5. The summed E-state index contributed by atoms with van der Waals surface area (Å²) in [6.07, 6.45) is 0. The van der Waals surface area contributed by atoms with Crippen LogP contribution >= 0.6 is 0 Å². The van der Waals surface area contributed by atoms with Crippen molar-refractivity contribution in [2.75, 3.05) is 19.1 Å². The van der Waals surface area contributed by atoms with Gasteiger partial charge in [0, 0.05) is 29.8 Å². The molecule has 4 rings (SSSR count). The maximum atomic E-state index is 13.5. The van der Waals surface area contributed by atoms with Gasteiger partial charge in [-0.2, -0.15) is 0 Å². The maximum Gasteiger partial charge on any atom is 0.308 e. The fourth-order valence-electron chi connectivity index (χ4n) is 4.66. The van der Waals surface area contributed by atoms with E-state index in [0.29, 0.717) is 34.1 Å². The lowest BCUT2D eigenvalue weighted by molar-refractivity contribution is -0.132. The van der Waals surface area contributed by atoms with Gasteiger partial charge in [-0.3, -0.25) is 19.3 Å². The smallest absolute Gasteiger partial charge is 0.308 e. The molecule has 8 heteroatoms. The Morgan fingerprint density at radius 2 is 1.59 bits per heavy atom. The second-order valence-corrected chi connectivity index (χ2v) is 10.2. The van der Waals surface area contributed by atoms with E-state index in [1.807, 2.05) is 20.8 Å². The fourth-order valence-corrected chi connectivity index (χ4v) is 4.66. The summed E-state index contributed by atoms with van der Waals surface area (Å²) in [4.78, 5) is 39.7. The molecule has 8 nitrogen and oxygen atoms in total. The summed E-state index contributed by atoms with van der Waals surface area (Å²) in [6, 6.07) is 17.5. The largest absolute Gasteiger partial charge is 0.507 e. The Balaban J connectivity index is 1.94. The van der Waals surface area contributed by atoms with Gasteiger partial charge in [0.25, 0.3) is 11.7 Å². The van der Waals surface area contributed by atoms with Gasteiger partial charge in [0.05, 0.1) is 25.8 Å². The first-order valence-electron chi connectivity index (χ1n) is 12.4. The number of nitrogens with zero attached hydrogens (tertiary/aromatic N) is 1. The lowest BCUT2D eigenvalue weighted by Gasteiger charge is -2.26. The first-order valence-corrected chi connectivity index (χ1v) is 12.4. The van der Waals surface area contributed by atoms with Gasteiger partial charge < -0.3 is 19.3 Å². The Morgan fingerprint density at radius 3 is 2.18 bits per heavy atom. The molecule has 1 amide bonds. The molecule has 1 unspecified atom stereocenters. The van der Waals surface area contributed by atoms with Crippen molar-refractivity contribution in [1.29, 1.82) is 0 Å². The van der Waals surface area contributed by atoms with Crippen LogP contribution in [0.4, 0.5) is 5.69 Å². The quantitative estimate of drug-likeness (QED) is 0.147. The number of carbonyl (C=O) groups is 3. The maximum absolute atomic E-state index is 13.5. The van der Waals surface area contributed by atoms with Crippen LogP contribution in [0.3, 0.4) is 0 Å². The van der Waals surface area contributed by atoms with E-state index in [-0.39, 0.29) is 16.7 Å². The third kappa shape index (κ3) is 5.36. The minimum Gasteiger partial charge on any atom is -0.507 e. The predicted octanol–water partition coefficient (Wildman–Crippen LogP) is 5.55. The van der Waals surface area contributed by atoms with Gasteiger partial charge in [-0.1, -0.05) is 39.0 Å². The zero-order valence-corrected chi connectivity index (χ0v) is 22.8. The van der Waals surface area contributed by atoms with Gasteiger partial charge in [-0.25, -0.2) is 0 Å². The number of ether oxygens (including phenoxy) is 3. The average Bonchev–Trinajstić information content (AvgIpc) is 3.17. The van der Waals surface area contributed by atoms with Gasteiger partial charge in [0.2, 0.25) is 0 Å². The number of anilines is 1. The van der Waals surface area contributed by atoms with Crippen LogP contribution in [0.25, 0.3) is 5.76 Å². The fraction of sp³-hybridized carbons (Fsp3) is 0.258. The molecule has 0 bridgehead atoms. The molecule has 1 aliphatic heterocycles. The number of aliphatic hydroxyl groups is 1. The molecule has 1 saturated heterocycles. The molecule has 1 heterocycles. The van der Waals surface area contributed by atoms with Crippen LogP contribution in [0.15, 0.2) is 72.3 Å². The first kappa shape index (κ1) is 27.4. The van der Waals surface area contributed by atoms with E-state index in [4.69, 9.17) is 14.2 Å². The zero-order valence-electron chi connectivity index (χ0n) is 22.8. The number of aliphatic hydroxyl groups excluding tert-OH is 1. The molecule has 0 radical (unpaired) electrons. The highest BCUT2D eigenvalue weighted by molar-refractivity contribution is 6.51. The number of rotatable bonds is 6. The van der Waals surface area contributed by atoms with Crippen molar-refractivity contribution in [2.24, 2.45) is 0 Å². The minimum atomic E-state index is -0.955. The number of hydrogen-bond donors (Lipinski definition) is 1.